The van der Waals surface area contributed by atoms with E-state index in [2.05, 4.69) is 30.5 Å². The predicted molar refractivity (Wildman–Crippen MR) is 117 cm³/mol. The quantitative estimate of drug-likeness (QED) is 0.449. The van der Waals surface area contributed by atoms with Crippen molar-refractivity contribution in [1.82, 2.24) is 19.9 Å². The summed E-state index contributed by atoms with van der Waals surface area (Å²) in [6.45, 7) is 5.48. The highest BCUT2D eigenvalue weighted by Gasteiger charge is 2.24. The second kappa shape index (κ2) is 9.00. The summed E-state index contributed by atoms with van der Waals surface area (Å²) in [5.74, 6) is 0.366. The third-order valence-corrected chi connectivity index (χ3v) is 5.29. The number of aryl methyl sites for hydroxylation is 1. The lowest BCUT2D eigenvalue weighted by atomic mass is 10.1. The molecule has 0 amide bonds. The van der Waals surface area contributed by atoms with Gasteiger partial charge >= 0.3 is 5.69 Å². The maximum Gasteiger partial charge on any atom is 0.353 e. The average Bonchev–Trinajstić information content (AvgIpc) is 2.75. The summed E-state index contributed by atoms with van der Waals surface area (Å²) >= 11 is 0. The van der Waals surface area contributed by atoms with Crippen LogP contribution in [0, 0.1) is 17.0 Å². The monoisotopic (exact) mass is 407 g/mol. The maximum atomic E-state index is 11.8. The molecule has 9 heteroatoms. The van der Waals surface area contributed by atoms with E-state index in [0.29, 0.717) is 12.2 Å². The molecule has 2 aromatic heterocycles. The van der Waals surface area contributed by atoms with Crippen molar-refractivity contribution in [3.05, 3.63) is 52.5 Å². The van der Waals surface area contributed by atoms with Crippen LogP contribution >= 0.6 is 0 Å². The fraction of sp³-hybridized carbons (Fsp3) is 0.381. The molecule has 30 heavy (non-hydrogen) atoms. The van der Waals surface area contributed by atoms with E-state index in [0.717, 1.165) is 36.2 Å². The first-order chi connectivity index (χ1) is 14.6. The number of para-hydroxylation sites is 1. The Morgan fingerprint density at radius 1 is 1.10 bits per heavy atom. The second-order valence-corrected chi connectivity index (χ2v) is 7.46. The molecule has 1 saturated heterocycles. The number of fused-ring (bicyclic) bond motifs is 1. The number of anilines is 3. The Hall–Kier alpha value is -3.33. The first kappa shape index (κ1) is 20.0. The lowest BCUT2D eigenvalue weighted by Gasteiger charge is -2.26. The standard InChI is InChI=1S/C21H25N7O2/c1-15-8-9-16-6-5-7-17(18(16)25-15)26-21-19(28(29)30)20(23-14-24-21)22-10-13-27-11-3-2-4-12-27/h5-9,14H,2-4,10-13H2,1H3,(H2,22,23,24,26). The van der Waals surface area contributed by atoms with Crippen LogP contribution in [0.3, 0.4) is 0 Å². The molecular formula is C21H25N7O2. The van der Waals surface area contributed by atoms with Gasteiger partial charge in [-0.25, -0.2) is 9.97 Å². The number of likely N-dealkylation sites (tertiary alicyclic amines) is 1. The van der Waals surface area contributed by atoms with Crippen molar-refractivity contribution in [2.45, 2.75) is 26.2 Å². The topological polar surface area (TPSA) is 109 Å². The molecular weight excluding hydrogens is 382 g/mol. The number of nitro groups is 1. The third-order valence-electron chi connectivity index (χ3n) is 5.29. The molecule has 1 aromatic carbocycles. The molecule has 1 aliphatic heterocycles. The number of piperidine rings is 1. The highest BCUT2D eigenvalue weighted by molar-refractivity contribution is 5.93. The van der Waals surface area contributed by atoms with Crippen LogP contribution in [0.15, 0.2) is 36.7 Å². The van der Waals surface area contributed by atoms with E-state index in [1.54, 1.807) is 0 Å². The number of hydrogen-bond donors (Lipinski definition) is 2. The molecule has 4 rings (SSSR count). The van der Waals surface area contributed by atoms with Crippen LogP contribution < -0.4 is 10.6 Å². The normalized spacial score (nSPS) is 14.6. The number of benzene rings is 1. The van der Waals surface area contributed by atoms with Crippen molar-refractivity contribution < 1.29 is 4.92 Å². The Bertz CT molecular complexity index is 1050. The summed E-state index contributed by atoms with van der Waals surface area (Å²) in [4.78, 5) is 26.6. The number of hydrogen-bond acceptors (Lipinski definition) is 8. The molecule has 0 spiro atoms. The van der Waals surface area contributed by atoms with Crippen LogP contribution in [0.4, 0.5) is 23.0 Å². The van der Waals surface area contributed by atoms with Gasteiger partial charge in [-0.3, -0.25) is 15.1 Å². The summed E-state index contributed by atoms with van der Waals surface area (Å²) in [7, 11) is 0. The number of nitrogens with one attached hydrogen (secondary N) is 2. The Labute approximate surface area is 174 Å². The third kappa shape index (κ3) is 4.46. The van der Waals surface area contributed by atoms with Gasteiger partial charge in [-0.1, -0.05) is 24.6 Å². The summed E-state index contributed by atoms with van der Waals surface area (Å²) in [6.07, 6.45) is 5.03. The molecule has 3 heterocycles. The van der Waals surface area contributed by atoms with Gasteiger partial charge in [-0.05, 0) is 45.0 Å². The molecule has 3 aromatic rings. The molecule has 1 fully saturated rings. The van der Waals surface area contributed by atoms with E-state index in [1.165, 1.54) is 25.6 Å². The van der Waals surface area contributed by atoms with E-state index in [-0.39, 0.29) is 17.3 Å². The zero-order valence-corrected chi connectivity index (χ0v) is 17.0. The van der Waals surface area contributed by atoms with Crippen LogP contribution in [-0.4, -0.2) is 51.0 Å². The van der Waals surface area contributed by atoms with E-state index in [1.807, 2.05) is 37.3 Å². The predicted octanol–water partition coefficient (Wildman–Crippen LogP) is 3.88. The minimum absolute atomic E-state index is 0.145. The molecule has 0 saturated carbocycles. The number of rotatable bonds is 7. The Morgan fingerprint density at radius 3 is 2.70 bits per heavy atom. The molecule has 0 radical (unpaired) electrons. The Balaban J connectivity index is 1.57. The van der Waals surface area contributed by atoms with Crippen molar-refractivity contribution in [3.63, 3.8) is 0 Å². The van der Waals surface area contributed by atoms with Crippen molar-refractivity contribution in [3.8, 4) is 0 Å². The lowest BCUT2D eigenvalue weighted by molar-refractivity contribution is -0.383. The summed E-state index contributed by atoms with van der Waals surface area (Å²) in [5, 5.41) is 19.0. The SMILES string of the molecule is Cc1ccc2cccc(Nc3ncnc(NCCN4CCCCC4)c3[N+](=O)[O-])c2n1. The van der Waals surface area contributed by atoms with Crippen LogP contribution in [0.25, 0.3) is 10.9 Å². The zero-order chi connectivity index (χ0) is 20.9. The van der Waals surface area contributed by atoms with Gasteiger partial charge < -0.3 is 15.5 Å². The lowest BCUT2D eigenvalue weighted by Crippen LogP contribution is -2.33. The van der Waals surface area contributed by atoms with E-state index >= 15 is 0 Å². The van der Waals surface area contributed by atoms with Crippen molar-refractivity contribution in [2.24, 2.45) is 0 Å². The highest BCUT2D eigenvalue weighted by Crippen LogP contribution is 2.33. The van der Waals surface area contributed by atoms with Crippen LogP contribution in [0.5, 0.6) is 0 Å². The smallest absolute Gasteiger partial charge is 0.353 e. The number of nitrogens with zero attached hydrogens (tertiary/aromatic N) is 5. The van der Waals surface area contributed by atoms with Crippen LogP contribution in [0.2, 0.25) is 0 Å². The van der Waals surface area contributed by atoms with Crippen molar-refractivity contribution in [2.75, 3.05) is 36.8 Å². The molecule has 2 N–H and O–H groups in total. The van der Waals surface area contributed by atoms with Gasteiger partial charge in [-0.15, -0.1) is 0 Å². The fourth-order valence-corrected chi connectivity index (χ4v) is 3.76. The molecule has 0 atom stereocenters. The first-order valence-electron chi connectivity index (χ1n) is 10.2. The van der Waals surface area contributed by atoms with Gasteiger partial charge in [0.25, 0.3) is 0 Å². The first-order valence-corrected chi connectivity index (χ1v) is 10.2. The molecule has 0 bridgehead atoms. The Morgan fingerprint density at radius 2 is 1.90 bits per heavy atom. The van der Waals surface area contributed by atoms with Crippen LogP contribution in [-0.2, 0) is 0 Å². The second-order valence-electron chi connectivity index (χ2n) is 7.46. The minimum atomic E-state index is -0.449. The molecule has 0 unspecified atom stereocenters. The van der Waals surface area contributed by atoms with Crippen molar-refractivity contribution in [1.29, 1.82) is 0 Å². The van der Waals surface area contributed by atoms with Gasteiger partial charge in [-0.2, -0.15) is 0 Å². The van der Waals surface area contributed by atoms with Crippen molar-refractivity contribution >= 4 is 33.9 Å². The van der Waals surface area contributed by atoms with Gasteiger partial charge in [0.2, 0.25) is 11.6 Å². The van der Waals surface area contributed by atoms with Gasteiger partial charge in [0.1, 0.15) is 6.33 Å². The van der Waals surface area contributed by atoms with Gasteiger partial charge in [0.05, 0.1) is 16.1 Å². The maximum absolute atomic E-state index is 11.8. The highest BCUT2D eigenvalue weighted by atomic mass is 16.6. The average molecular weight is 407 g/mol. The minimum Gasteiger partial charge on any atom is -0.363 e. The van der Waals surface area contributed by atoms with Gasteiger partial charge in [0.15, 0.2) is 0 Å². The zero-order valence-electron chi connectivity index (χ0n) is 17.0. The number of pyridine rings is 1. The largest absolute Gasteiger partial charge is 0.363 e. The molecule has 9 nitrogen and oxygen atoms in total. The molecule has 1 aliphatic rings. The summed E-state index contributed by atoms with van der Waals surface area (Å²) < 4.78 is 0. The van der Waals surface area contributed by atoms with Gasteiger partial charge in [0, 0.05) is 24.2 Å². The molecule has 0 aliphatic carbocycles. The van der Waals surface area contributed by atoms with E-state index in [9.17, 15) is 10.1 Å². The summed E-state index contributed by atoms with van der Waals surface area (Å²) in [5.41, 5.74) is 2.11. The number of aromatic nitrogens is 3. The van der Waals surface area contributed by atoms with E-state index < -0.39 is 4.92 Å². The molecule has 156 valence electrons. The van der Waals surface area contributed by atoms with E-state index in [4.69, 9.17) is 0 Å². The Kier molecular flexibility index (Phi) is 5.99. The summed E-state index contributed by atoms with van der Waals surface area (Å²) in [6, 6.07) is 9.58. The van der Waals surface area contributed by atoms with Crippen LogP contribution in [0.1, 0.15) is 25.0 Å². The fourth-order valence-electron chi connectivity index (χ4n) is 3.76.